The van der Waals surface area contributed by atoms with E-state index in [9.17, 15) is 9.59 Å². The van der Waals surface area contributed by atoms with Crippen LogP contribution in [0, 0.1) is 6.92 Å². The summed E-state index contributed by atoms with van der Waals surface area (Å²) in [6, 6.07) is 19.3. The lowest BCUT2D eigenvalue weighted by Gasteiger charge is -2.22. The normalized spacial score (nSPS) is 14.6. The van der Waals surface area contributed by atoms with Crippen molar-refractivity contribution in [2.45, 2.75) is 26.2 Å². The number of hydrogen-bond donors (Lipinski definition) is 1. The van der Waals surface area contributed by atoms with Crippen LogP contribution in [0.4, 0.5) is 5.69 Å². The largest absolute Gasteiger partial charge is 0.459 e. The first kappa shape index (κ1) is 22.8. The summed E-state index contributed by atoms with van der Waals surface area (Å²) in [4.78, 5) is 30.0. The Kier molecular flexibility index (Phi) is 7.58. The molecule has 2 heterocycles. The Morgan fingerprint density at radius 2 is 1.82 bits per heavy atom. The molecule has 0 atom stereocenters. The molecule has 0 spiro atoms. The van der Waals surface area contributed by atoms with E-state index in [0.717, 1.165) is 51.0 Å². The van der Waals surface area contributed by atoms with Crippen molar-refractivity contribution in [3.8, 4) is 0 Å². The molecule has 0 aliphatic carbocycles. The zero-order valence-corrected chi connectivity index (χ0v) is 19.1. The molecule has 33 heavy (non-hydrogen) atoms. The molecule has 2 amide bonds. The molecule has 1 saturated heterocycles. The Morgan fingerprint density at radius 3 is 2.61 bits per heavy atom. The summed E-state index contributed by atoms with van der Waals surface area (Å²) in [5.74, 6) is -0.0748. The van der Waals surface area contributed by atoms with Crippen LogP contribution in [0.3, 0.4) is 0 Å². The SMILES string of the molecule is Cc1ccc(C(=O)N2CCCN(CCCc3ccccc3)CC2)cc1NC(=O)c1ccco1. The first-order valence-electron chi connectivity index (χ1n) is 11.6. The Bertz CT molecular complexity index is 1060. The molecule has 1 fully saturated rings. The van der Waals surface area contributed by atoms with E-state index in [0.29, 0.717) is 17.8 Å². The smallest absolute Gasteiger partial charge is 0.291 e. The molecule has 6 nitrogen and oxygen atoms in total. The van der Waals surface area contributed by atoms with Gasteiger partial charge >= 0.3 is 0 Å². The van der Waals surface area contributed by atoms with Crippen LogP contribution in [0.5, 0.6) is 0 Å². The molecule has 0 unspecified atom stereocenters. The van der Waals surface area contributed by atoms with Crippen LogP contribution >= 0.6 is 0 Å². The van der Waals surface area contributed by atoms with Crippen molar-refractivity contribution < 1.29 is 14.0 Å². The Hall–Kier alpha value is -3.38. The molecular formula is C27H31N3O3. The quantitative estimate of drug-likeness (QED) is 0.576. The molecule has 172 valence electrons. The van der Waals surface area contributed by atoms with Crippen molar-refractivity contribution in [2.24, 2.45) is 0 Å². The third-order valence-corrected chi connectivity index (χ3v) is 6.14. The number of carbonyl (C=O) groups is 2. The van der Waals surface area contributed by atoms with Gasteiger partial charge in [0.05, 0.1) is 6.26 Å². The highest BCUT2D eigenvalue weighted by Crippen LogP contribution is 2.20. The van der Waals surface area contributed by atoms with Crippen LogP contribution in [-0.4, -0.2) is 54.3 Å². The first-order valence-corrected chi connectivity index (χ1v) is 11.6. The summed E-state index contributed by atoms with van der Waals surface area (Å²) in [6.45, 7) is 6.31. The van der Waals surface area contributed by atoms with Gasteiger partial charge in [-0.3, -0.25) is 9.59 Å². The lowest BCUT2D eigenvalue weighted by Crippen LogP contribution is -2.35. The maximum absolute atomic E-state index is 13.2. The minimum atomic E-state index is -0.325. The van der Waals surface area contributed by atoms with Gasteiger partial charge in [-0.25, -0.2) is 0 Å². The second-order valence-electron chi connectivity index (χ2n) is 8.54. The zero-order valence-electron chi connectivity index (χ0n) is 19.1. The van der Waals surface area contributed by atoms with Crippen LogP contribution in [0.15, 0.2) is 71.3 Å². The number of benzene rings is 2. The summed E-state index contributed by atoms with van der Waals surface area (Å²) in [7, 11) is 0. The van der Waals surface area contributed by atoms with Crippen molar-refractivity contribution in [2.75, 3.05) is 38.0 Å². The molecule has 0 radical (unpaired) electrons. The first-order chi connectivity index (χ1) is 16.1. The molecule has 1 aromatic heterocycles. The second-order valence-corrected chi connectivity index (χ2v) is 8.54. The van der Waals surface area contributed by atoms with E-state index in [-0.39, 0.29) is 17.6 Å². The highest BCUT2D eigenvalue weighted by atomic mass is 16.3. The van der Waals surface area contributed by atoms with Crippen LogP contribution in [-0.2, 0) is 6.42 Å². The molecule has 3 aromatic rings. The van der Waals surface area contributed by atoms with Crippen LogP contribution in [0.2, 0.25) is 0 Å². The van der Waals surface area contributed by atoms with Crippen molar-refractivity contribution >= 4 is 17.5 Å². The zero-order chi connectivity index (χ0) is 23.0. The molecule has 1 aliphatic heterocycles. The number of furan rings is 1. The molecule has 6 heteroatoms. The Labute approximate surface area is 195 Å². The molecule has 0 bridgehead atoms. The highest BCUT2D eigenvalue weighted by molar-refractivity contribution is 6.03. The van der Waals surface area contributed by atoms with Crippen molar-refractivity contribution in [1.82, 2.24) is 9.80 Å². The van der Waals surface area contributed by atoms with E-state index in [1.165, 1.54) is 11.8 Å². The van der Waals surface area contributed by atoms with Crippen molar-refractivity contribution in [3.05, 3.63) is 89.4 Å². The Morgan fingerprint density at radius 1 is 0.970 bits per heavy atom. The van der Waals surface area contributed by atoms with Crippen LogP contribution < -0.4 is 5.32 Å². The number of rotatable bonds is 7. The van der Waals surface area contributed by atoms with E-state index < -0.39 is 0 Å². The van der Waals surface area contributed by atoms with Gasteiger partial charge in [-0.05, 0) is 74.7 Å². The van der Waals surface area contributed by atoms with Gasteiger partial charge in [-0.2, -0.15) is 0 Å². The monoisotopic (exact) mass is 445 g/mol. The van der Waals surface area contributed by atoms with Crippen LogP contribution in [0.25, 0.3) is 0 Å². The third-order valence-electron chi connectivity index (χ3n) is 6.14. The van der Waals surface area contributed by atoms with E-state index in [1.807, 2.05) is 30.0 Å². The topological polar surface area (TPSA) is 65.8 Å². The Balaban J connectivity index is 1.32. The summed E-state index contributed by atoms with van der Waals surface area (Å²) >= 11 is 0. The van der Waals surface area contributed by atoms with Gasteiger partial charge in [0, 0.05) is 30.9 Å². The summed E-state index contributed by atoms with van der Waals surface area (Å²) in [5.41, 5.74) is 3.48. The van der Waals surface area contributed by atoms with Gasteiger partial charge in [-0.15, -0.1) is 0 Å². The maximum Gasteiger partial charge on any atom is 0.291 e. The minimum Gasteiger partial charge on any atom is -0.459 e. The highest BCUT2D eigenvalue weighted by Gasteiger charge is 2.21. The lowest BCUT2D eigenvalue weighted by atomic mass is 10.1. The van der Waals surface area contributed by atoms with Gasteiger partial charge in [-0.1, -0.05) is 36.4 Å². The fourth-order valence-electron chi connectivity index (χ4n) is 4.21. The number of carbonyl (C=O) groups excluding carboxylic acids is 2. The van der Waals surface area contributed by atoms with E-state index in [1.54, 1.807) is 18.2 Å². The van der Waals surface area contributed by atoms with E-state index in [4.69, 9.17) is 4.42 Å². The lowest BCUT2D eigenvalue weighted by molar-refractivity contribution is 0.0761. The van der Waals surface area contributed by atoms with Crippen molar-refractivity contribution in [3.63, 3.8) is 0 Å². The van der Waals surface area contributed by atoms with Gasteiger partial charge in [0.25, 0.3) is 11.8 Å². The number of anilines is 1. The molecule has 4 rings (SSSR count). The molecule has 1 N–H and O–H groups in total. The average Bonchev–Trinajstić information content (AvgIpc) is 3.28. The number of hydrogen-bond acceptors (Lipinski definition) is 4. The third kappa shape index (κ3) is 6.11. The molecule has 0 saturated carbocycles. The number of nitrogens with one attached hydrogen (secondary N) is 1. The van der Waals surface area contributed by atoms with E-state index >= 15 is 0 Å². The predicted octanol–water partition coefficient (Wildman–Crippen LogP) is 4.62. The number of amides is 2. The fraction of sp³-hybridized carbons (Fsp3) is 0.333. The standard InChI is InChI=1S/C27H31N3O3/c1-21-12-13-23(20-24(21)28-26(31)25-11-6-19-33-25)27(32)30-16-7-15-29(17-18-30)14-5-10-22-8-3-2-4-9-22/h2-4,6,8-9,11-13,19-20H,5,7,10,14-18H2,1H3,(H,28,31). The number of aryl methyl sites for hydroxylation is 2. The fourth-order valence-corrected chi connectivity index (χ4v) is 4.21. The molecular weight excluding hydrogens is 414 g/mol. The minimum absolute atomic E-state index is 0.00892. The molecule has 2 aromatic carbocycles. The van der Waals surface area contributed by atoms with Gasteiger partial charge in [0.15, 0.2) is 5.76 Å². The van der Waals surface area contributed by atoms with Crippen molar-refractivity contribution in [1.29, 1.82) is 0 Å². The molecule has 1 aliphatic rings. The van der Waals surface area contributed by atoms with E-state index in [2.05, 4.69) is 34.5 Å². The van der Waals surface area contributed by atoms with Gasteiger partial charge in [0.2, 0.25) is 0 Å². The van der Waals surface area contributed by atoms with Gasteiger partial charge in [0.1, 0.15) is 0 Å². The summed E-state index contributed by atoms with van der Waals surface area (Å²) in [6.07, 6.45) is 4.63. The van der Waals surface area contributed by atoms with Gasteiger partial charge < -0.3 is 19.5 Å². The maximum atomic E-state index is 13.2. The summed E-state index contributed by atoms with van der Waals surface area (Å²) < 4.78 is 5.17. The summed E-state index contributed by atoms with van der Waals surface area (Å²) in [5, 5.41) is 2.86. The predicted molar refractivity (Wildman–Crippen MR) is 130 cm³/mol. The number of nitrogens with zero attached hydrogens (tertiary/aromatic N) is 2. The van der Waals surface area contributed by atoms with Crippen LogP contribution in [0.1, 0.15) is 44.9 Å². The second kappa shape index (κ2) is 11.0. The average molecular weight is 446 g/mol.